The Hall–Kier alpha value is -3.00. The van der Waals surface area contributed by atoms with Crippen molar-refractivity contribution in [1.82, 2.24) is 0 Å². The third-order valence-electron chi connectivity index (χ3n) is 6.19. The van der Waals surface area contributed by atoms with Crippen molar-refractivity contribution in [2.24, 2.45) is 0 Å². The van der Waals surface area contributed by atoms with Crippen molar-refractivity contribution >= 4 is 10.8 Å². The maximum atomic E-state index is 2.43. The second-order valence-corrected chi connectivity index (χ2v) is 9.40. The van der Waals surface area contributed by atoms with Crippen molar-refractivity contribution in [3.05, 3.63) is 95.1 Å². The maximum absolute atomic E-state index is 2.43. The number of pyridine rings is 2. The number of fused-ring (bicyclic) bond motifs is 1. The van der Waals surface area contributed by atoms with Gasteiger partial charge in [0.1, 0.15) is 0 Å². The van der Waals surface area contributed by atoms with Gasteiger partial charge in [0.2, 0.25) is 11.4 Å². The summed E-state index contributed by atoms with van der Waals surface area (Å²) in [5.74, 6) is 0. The second kappa shape index (κ2) is 7.36. The summed E-state index contributed by atoms with van der Waals surface area (Å²) in [5.41, 5.74) is 8.95. The minimum Gasteiger partial charge on any atom is -0.164 e. The molecule has 0 N–H and O–H groups in total. The minimum absolute atomic E-state index is 0.0552. The van der Waals surface area contributed by atoms with Crippen LogP contribution in [0.25, 0.3) is 22.1 Å². The van der Waals surface area contributed by atoms with E-state index < -0.39 is 0 Å². The molecule has 0 aliphatic heterocycles. The average Bonchev–Trinajstić information content (AvgIpc) is 2.69. The van der Waals surface area contributed by atoms with Gasteiger partial charge in [-0.15, -0.1) is 0 Å². The third kappa shape index (κ3) is 3.41. The normalized spacial score (nSPS) is 11.8. The Morgan fingerprint density at radius 2 is 1.37 bits per heavy atom. The van der Waals surface area contributed by atoms with Crippen LogP contribution in [0.3, 0.4) is 0 Å². The third-order valence-corrected chi connectivity index (χ3v) is 6.19. The molecule has 0 fully saturated rings. The highest BCUT2D eigenvalue weighted by atomic mass is 15.0. The largest absolute Gasteiger partial charge is 0.220 e. The molecule has 0 radical (unpaired) electrons. The number of nitrogens with zero attached hydrogens (tertiary/aromatic N) is 2. The van der Waals surface area contributed by atoms with Crippen LogP contribution in [0.15, 0.2) is 66.9 Å². The van der Waals surface area contributed by atoms with Crippen molar-refractivity contribution in [3.63, 3.8) is 0 Å². The van der Waals surface area contributed by atoms with E-state index in [-0.39, 0.29) is 5.41 Å². The molecule has 152 valence electrons. The fraction of sp³-hybridized carbons (Fsp3) is 0.286. The topological polar surface area (TPSA) is 7.76 Å². The lowest BCUT2D eigenvalue weighted by atomic mass is 9.85. The number of hydrogen-bond acceptors (Lipinski definition) is 0. The van der Waals surface area contributed by atoms with Crippen LogP contribution in [0, 0.1) is 27.7 Å². The second-order valence-electron chi connectivity index (χ2n) is 9.40. The molecule has 0 aliphatic carbocycles. The lowest BCUT2D eigenvalue weighted by molar-refractivity contribution is -0.614. The van der Waals surface area contributed by atoms with Gasteiger partial charge in [-0.1, -0.05) is 45.0 Å². The molecule has 30 heavy (non-hydrogen) atoms. The Morgan fingerprint density at radius 1 is 0.700 bits per heavy atom. The molecule has 0 saturated carbocycles. The van der Waals surface area contributed by atoms with Crippen LogP contribution < -0.4 is 9.13 Å². The average molecular weight is 397 g/mol. The molecular formula is C28H32N2+2. The van der Waals surface area contributed by atoms with Crippen LogP contribution in [0.2, 0.25) is 0 Å². The van der Waals surface area contributed by atoms with Gasteiger partial charge in [-0.05, 0) is 29.4 Å². The summed E-state index contributed by atoms with van der Waals surface area (Å²) >= 11 is 0. The quantitative estimate of drug-likeness (QED) is 0.371. The number of rotatable bonds is 2. The highest BCUT2D eigenvalue weighted by Crippen LogP contribution is 2.29. The molecule has 2 nitrogen and oxygen atoms in total. The predicted molar refractivity (Wildman–Crippen MR) is 125 cm³/mol. The zero-order valence-corrected chi connectivity index (χ0v) is 19.2. The van der Waals surface area contributed by atoms with Gasteiger partial charge in [0, 0.05) is 56.5 Å². The molecule has 0 atom stereocenters. The Morgan fingerprint density at radius 3 is 2.07 bits per heavy atom. The van der Waals surface area contributed by atoms with Gasteiger partial charge < -0.3 is 0 Å². The van der Waals surface area contributed by atoms with Crippen LogP contribution in [0.5, 0.6) is 0 Å². The van der Waals surface area contributed by atoms with Gasteiger partial charge in [0.05, 0.1) is 5.56 Å². The minimum atomic E-state index is 0.0552. The molecule has 0 saturated heterocycles. The summed E-state index contributed by atoms with van der Waals surface area (Å²) in [6, 6.07) is 22.1. The van der Waals surface area contributed by atoms with Crippen LogP contribution in [0.1, 0.15) is 49.0 Å². The van der Waals surface area contributed by atoms with E-state index >= 15 is 0 Å². The van der Waals surface area contributed by atoms with E-state index in [1.807, 2.05) is 0 Å². The van der Waals surface area contributed by atoms with Crippen molar-refractivity contribution in [2.45, 2.75) is 53.9 Å². The Balaban J connectivity index is 2.10. The summed E-state index contributed by atoms with van der Waals surface area (Å²) in [7, 11) is 0. The summed E-state index contributed by atoms with van der Waals surface area (Å²) in [6.45, 7) is 15.7. The van der Waals surface area contributed by atoms with E-state index in [2.05, 4.69) is 124 Å². The van der Waals surface area contributed by atoms with Crippen LogP contribution in [0.4, 0.5) is 0 Å². The van der Waals surface area contributed by atoms with E-state index in [4.69, 9.17) is 0 Å². The molecule has 0 spiro atoms. The molecule has 4 aromatic rings. The Kier molecular flexibility index (Phi) is 4.97. The smallest absolute Gasteiger partial charge is 0.164 e. The van der Waals surface area contributed by atoms with E-state index in [9.17, 15) is 0 Å². The lowest BCUT2D eigenvalue weighted by Crippen LogP contribution is -2.41. The molecule has 0 bridgehead atoms. The number of aromatic nitrogens is 2. The Bertz CT molecular complexity index is 1260. The Labute approximate surface area is 180 Å². The first kappa shape index (κ1) is 20.3. The van der Waals surface area contributed by atoms with Gasteiger partial charge in [-0.3, -0.25) is 0 Å². The van der Waals surface area contributed by atoms with Crippen molar-refractivity contribution in [3.8, 4) is 11.4 Å². The van der Waals surface area contributed by atoms with Crippen molar-refractivity contribution < 1.29 is 9.13 Å². The van der Waals surface area contributed by atoms with E-state index in [1.54, 1.807) is 0 Å². The maximum Gasteiger partial charge on any atom is 0.220 e. The monoisotopic (exact) mass is 396 g/mol. The van der Waals surface area contributed by atoms with Gasteiger partial charge in [-0.25, -0.2) is 0 Å². The zero-order chi connectivity index (χ0) is 21.6. The molecule has 0 unspecified atom stereocenters. The van der Waals surface area contributed by atoms with Crippen molar-refractivity contribution in [2.75, 3.05) is 0 Å². The number of hydrogen-bond donors (Lipinski definition) is 0. The summed E-state index contributed by atoms with van der Waals surface area (Å²) < 4.78 is 4.73. The summed E-state index contributed by atoms with van der Waals surface area (Å²) in [4.78, 5) is 0. The van der Waals surface area contributed by atoms with Crippen LogP contribution in [-0.2, 0) is 5.41 Å². The molecule has 2 heterocycles. The fourth-order valence-corrected chi connectivity index (χ4v) is 4.40. The molecule has 0 amide bonds. The lowest BCUT2D eigenvalue weighted by Gasteiger charge is -2.21. The van der Waals surface area contributed by atoms with Crippen molar-refractivity contribution in [1.29, 1.82) is 0 Å². The highest BCUT2D eigenvalue weighted by Gasteiger charge is 2.29. The zero-order valence-electron chi connectivity index (χ0n) is 19.2. The molecule has 0 aliphatic rings. The predicted octanol–water partition coefficient (Wildman–Crippen LogP) is 5.92. The fourth-order valence-electron chi connectivity index (χ4n) is 4.40. The highest BCUT2D eigenvalue weighted by molar-refractivity contribution is 5.83. The molecule has 4 rings (SSSR count). The van der Waals surface area contributed by atoms with E-state index in [1.165, 1.54) is 50.4 Å². The van der Waals surface area contributed by atoms with E-state index in [0.717, 1.165) is 0 Å². The van der Waals surface area contributed by atoms with Crippen LogP contribution >= 0.6 is 0 Å². The van der Waals surface area contributed by atoms with E-state index in [0.29, 0.717) is 0 Å². The van der Waals surface area contributed by atoms with Gasteiger partial charge in [0.15, 0.2) is 23.3 Å². The first-order chi connectivity index (χ1) is 14.2. The summed E-state index contributed by atoms with van der Waals surface area (Å²) in [5, 5.41) is 2.59. The van der Waals surface area contributed by atoms with Gasteiger partial charge >= 0.3 is 0 Å². The first-order valence-electron chi connectivity index (χ1n) is 10.7. The first-order valence-corrected chi connectivity index (χ1v) is 10.7. The summed E-state index contributed by atoms with van der Waals surface area (Å²) in [6.07, 6.45) is 2.17. The van der Waals surface area contributed by atoms with Gasteiger partial charge in [-0.2, -0.15) is 9.13 Å². The number of benzene rings is 2. The molecule has 2 aromatic carbocycles. The molecule has 2 heteroatoms. The molecule has 2 aromatic heterocycles. The standard InChI is InChI=1S/C28H32N2/c1-19-12-10-11-15-29(19)26-17-24(28(5,6)7)18-27(21(26)3)30-20(2)16-23-13-8-9-14-25(23)22(30)4/h8-18H,1-7H3/q+2. The van der Waals surface area contributed by atoms with Gasteiger partial charge in [0.25, 0.3) is 0 Å². The number of aryl methyl sites for hydroxylation is 3. The SMILES string of the molecule is Cc1c(-[n+]2ccccc2C)cc(C(C)(C)C)cc1-[n+]1c(C)cc2ccccc2c1C. The van der Waals surface area contributed by atoms with Crippen LogP contribution in [-0.4, -0.2) is 0 Å². The molecular weight excluding hydrogens is 364 g/mol.